The van der Waals surface area contributed by atoms with Gasteiger partial charge in [-0.3, -0.25) is 14.5 Å². The Morgan fingerprint density at radius 2 is 1.93 bits per heavy atom. The van der Waals surface area contributed by atoms with Crippen LogP contribution in [0.3, 0.4) is 0 Å². The molecule has 3 aromatic rings. The Morgan fingerprint density at radius 1 is 1.18 bits per heavy atom. The molecule has 0 unspecified atom stereocenters. The van der Waals surface area contributed by atoms with Crippen LogP contribution >= 0.6 is 22.9 Å². The Morgan fingerprint density at radius 3 is 2.61 bits per heavy atom. The monoisotopic (exact) mass is 413 g/mol. The molecule has 1 N–H and O–H groups in total. The van der Waals surface area contributed by atoms with E-state index in [9.17, 15) is 9.59 Å². The Kier molecular flexibility index (Phi) is 6.57. The van der Waals surface area contributed by atoms with E-state index in [0.717, 1.165) is 9.88 Å². The quantitative estimate of drug-likeness (QED) is 0.583. The predicted molar refractivity (Wildman–Crippen MR) is 113 cm³/mol. The highest BCUT2D eigenvalue weighted by molar-refractivity contribution is 7.11. The summed E-state index contributed by atoms with van der Waals surface area (Å²) in [5, 5.41) is 4.28. The first kappa shape index (κ1) is 20.2. The lowest BCUT2D eigenvalue weighted by Gasteiger charge is -2.16. The van der Waals surface area contributed by atoms with Crippen LogP contribution in [0.25, 0.3) is 0 Å². The van der Waals surface area contributed by atoms with E-state index in [1.807, 2.05) is 31.1 Å². The first-order chi connectivity index (χ1) is 13.4. The molecule has 0 aliphatic rings. The van der Waals surface area contributed by atoms with Crippen molar-refractivity contribution < 1.29 is 9.59 Å². The van der Waals surface area contributed by atoms with E-state index < -0.39 is 0 Å². The first-order valence-electron chi connectivity index (χ1n) is 8.71. The lowest BCUT2D eigenvalue weighted by atomic mass is 10.0. The van der Waals surface area contributed by atoms with Crippen molar-refractivity contribution in [2.24, 2.45) is 0 Å². The molecule has 1 aromatic heterocycles. The number of hydrogen-bond donors (Lipinski definition) is 1. The van der Waals surface area contributed by atoms with Gasteiger partial charge in [0.2, 0.25) is 5.91 Å². The number of thiazole rings is 1. The zero-order chi connectivity index (χ0) is 20.1. The number of benzene rings is 2. The molecule has 1 heterocycles. The highest BCUT2D eigenvalue weighted by Crippen LogP contribution is 2.24. The van der Waals surface area contributed by atoms with Crippen LogP contribution in [0.15, 0.2) is 54.7 Å². The van der Waals surface area contributed by atoms with Crippen molar-refractivity contribution in [2.45, 2.75) is 13.5 Å². The van der Waals surface area contributed by atoms with E-state index in [1.165, 1.54) is 0 Å². The van der Waals surface area contributed by atoms with Gasteiger partial charge >= 0.3 is 0 Å². The van der Waals surface area contributed by atoms with Crippen LogP contribution in [-0.2, 0) is 11.3 Å². The third-order valence-corrected chi connectivity index (χ3v) is 5.18. The minimum atomic E-state index is -0.201. The van der Waals surface area contributed by atoms with Gasteiger partial charge < -0.3 is 5.32 Å². The van der Waals surface area contributed by atoms with E-state index >= 15 is 0 Å². The molecule has 0 saturated heterocycles. The van der Waals surface area contributed by atoms with Gasteiger partial charge in [0.1, 0.15) is 0 Å². The molecule has 28 heavy (non-hydrogen) atoms. The van der Waals surface area contributed by atoms with Crippen molar-refractivity contribution in [3.05, 3.63) is 80.8 Å². The van der Waals surface area contributed by atoms with Crippen molar-refractivity contribution in [1.29, 1.82) is 0 Å². The number of carbonyl (C=O) groups excluding carboxylic acids is 2. The number of halogens is 1. The molecule has 0 radical (unpaired) electrons. The number of rotatable bonds is 7. The summed E-state index contributed by atoms with van der Waals surface area (Å²) in [4.78, 5) is 32.6. The molecule has 0 aliphatic carbocycles. The SMILES string of the molecule is Cc1ncc(CN(C)CC(=O)Nc2ccc(Cl)cc2C(=O)c2ccccc2)s1. The Labute approximate surface area is 173 Å². The molecule has 0 atom stereocenters. The summed E-state index contributed by atoms with van der Waals surface area (Å²) in [5.41, 5.74) is 1.36. The highest BCUT2D eigenvalue weighted by atomic mass is 35.5. The van der Waals surface area contributed by atoms with Crippen molar-refractivity contribution in [3.63, 3.8) is 0 Å². The number of amides is 1. The highest BCUT2D eigenvalue weighted by Gasteiger charge is 2.17. The maximum Gasteiger partial charge on any atom is 0.238 e. The maximum absolute atomic E-state index is 12.8. The normalized spacial score (nSPS) is 10.9. The second-order valence-corrected chi connectivity index (χ2v) is 8.21. The minimum absolute atomic E-state index is 0.188. The predicted octanol–water partition coefficient (Wildman–Crippen LogP) is 4.41. The fraction of sp³-hybridized carbons (Fsp3) is 0.190. The van der Waals surface area contributed by atoms with E-state index in [-0.39, 0.29) is 18.2 Å². The third-order valence-electron chi connectivity index (χ3n) is 4.04. The van der Waals surface area contributed by atoms with Gasteiger partial charge in [0.15, 0.2) is 5.78 Å². The molecule has 2 aromatic carbocycles. The van der Waals surface area contributed by atoms with Gasteiger partial charge in [0, 0.05) is 33.8 Å². The number of nitrogens with zero attached hydrogens (tertiary/aromatic N) is 2. The van der Waals surface area contributed by atoms with Crippen LogP contribution in [0.1, 0.15) is 25.8 Å². The van der Waals surface area contributed by atoms with Gasteiger partial charge in [-0.25, -0.2) is 4.98 Å². The number of hydrogen-bond acceptors (Lipinski definition) is 5. The van der Waals surface area contributed by atoms with E-state index in [0.29, 0.717) is 28.4 Å². The minimum Gasteiger partial charge on any atom is -0.324 e. The summed E-state index contributed by atoms with van der Waals surface area (Å²) in [7, 11) is 1.87. The van der Waals surface area contributed by atoms with Crippen LogP contribution in [0.2, 0.25) is 5.02 Å². The zero-order valence-corrected chi connectivity index (χ0v) is 17.2. The van der Waals surface area contributed by atoms with Crippen LogP contribution < -0.4 is 5.32 Å². The van der Waals surface area contributed by atoms with Gasteiger partial charge in [-0.1, -0.05) is 41.9 Å². The van der Waals surface area contributed by atoms with E-state index in [1.54, 1.807) is 53.8 Å². The largest absolute Gasteiger partial charge is 0.324 e. The Bertz CT molecular complexity index is 988. The maximum atomic E-state index is 12.8. The average Bonchev–Trinajstić information content (AvgIpc) is 3.07. The van der Waals surface area contributed by atoms with Crippen molar-refractivity contribution in [3.8, 4) is 0 Å². The van der Waals surface area contributed by atoms with Crippen LogP contribution in [-0.4, -0.2) is 35.2 Å². The van der Waals surface area contributed by atoms with E-state index in [2.05, 4.69) is 10.3 Å². The topological polar surface area (TPSA) is 62.3 Å². The van der Waals surface area contributed by atoms with Crippen molar-refractivity contribution in [2.75, 3.05) is 18.9 Å². The molecule has 7 heteroatoms. The second-order valence-electron chi connectivity index (χ2n) is 6.45. The zero-order valence-electron chi connectivity index (χ0n) is 15.6. The first-order valence-corrected chi connectivity index (χ1v) is 9.91. The number of likely N-dealkylation sites (N-methyl/N-ethyl adjacent to an activating group) is 1. The number of aromatic nitrogens is 1. The summed E-state index contributed by atoms with van der Waals surface area (Å²) in [6, 6.07) is 13.8. The van der Waals surface area contributed by atoms with Gasteiger partial charge in [0.05, 0.1) is 17.2 Å². The molecule has 0 fully saturated rings. The molecule has 144 valence electrons. The molecular formula is C21H20ClN3O2S. The fourth-order valence-electron chi connectivity index (χ4n) is 2.79. The lowest BCUT2D eigenvalue weighted by molar-refractivity contribution is -0.117. The van der Waals surface area contributed by atoms with Crippen LogP contribution in [0, 0.1) is 6.92 Å². The van der Waals surface area contributed by atoms with Crippen molar-refractivity contribution >= 4 is 40.3 Å². The Balaban J connectivity index is 1.71. The Hall–Kier alpha value is -2.54. The molecule has 3 rings (SSSR count). The number of ketones is 1. The smallest absolute Gasteiger partial charge is 0.238 e. The molecular weight excluding hydrogens is 394 g/mol. The van der Waals surface area contributed by atoms with Crippen LogP contribution in [0.4, 0.5) is 5.69 Å². The fourth-order valence-corrected chi connectivity index (χ4v) is 3.84. The number of anilines is 1. The van der Waals surface area contributed by atoms with Crippen LogP contribution in [0.5, 0.6) is 0 Å². The molecule has 0 bridgehead atoms. The summed E-state index contributed by atoms with van der Waals surface area (Å²) in [6.45, 7) is 2.78. The number of nitrogens with one attached hydrogen (secondary N) is 1. The second kappa shape index (κ2) is 9.10. The van der Waals surface area contributed by atoms with Gasteiger partial charge in [-0.2, -0.15) is 0 Å². The van der Waals surface area contributed by atoms with Gasteiger partial charge in [-0.15, -0.1) is 11.3 Å². The van der Waals surface area contributed by atoms with Crippen molar-refractivity contribution in [1.82, 2.24) is 9.88 Å². The lowest BCUT2D eigenvalue weighted by Crippen LogP contribution is -2.30. The molecule has 0 spiro atoms. The average molecular weight is 414 g/mol. The number of carbonyl (C=O) groups is 2. The molecule has 0 aliphatic heterocycles. The number of aryl methyl sites for hydroxylation is 1. The van der Waals surface area contributed by atoms with E-state index in [4.69, 9.17) is 11.6 Å². The van der Waals surface area contributed by atoms with Gasteiger partial charge in [0.25, 0.3) is 0 Å². The summed E-state index contributed by atoms with van der Waals surface area (Å²) < 4.78 is 0. The summed E-state index contributed by atoms with van der Waals surface area (Å²) >= 11 is 7.69. The molecule has 0 saturated carbocycles. The van der Waals surface area contributed by atoms with Gasteiger partial charge in [-0.05, 0) is 32.2 Å². The summed E-state index contributed by atoms with van der Waals surface area (Å²) in [5.74, 6) is -0.389. The summed E-state index contributed by atoms with van der Waals surface area (Å²) in [6.07, 6.45) is 1.82. The molecule has 5 nitrogen and oxygen atoms in total. The standard InChI is InChI=1S/C21H20ClN3O2S/c1-14-23-11-17(28-14)12-25(2)13-20(26)24-19-9-8-16(22)10-18(19)21(27)15-6-4-3-5-7-15/h3-11H,12-13H2,1-2H3,(H,24,26). The third kappa shape index (κ3) is 5.25. The molecule has 1 amide bonds.